The number of anilines is 1. The zero-order valence-corrected chi connectivity index (χ0v) is 18.2. The van der Waals surface area contributed by atoms with Crippen LogP contribution in [-0.4, -0.2) is 51.4 Å². The standard InChI is InChI=1S/C17H20N2O4S.C3H7NO2/c1-13-7-9-23-17(20)16(13)12-14-5-3-6-15(11-14)19-24(21,22)10-4-8-18-2;1-4(2)3(5)6/h3-9,11,18-19H,10,12H2,1-2H3;1-2H3,(H,5,6). The molecule has 0 aliphatic carbocycles. The number of rotatable bonds is 7. The summed E-state index contributed by atoms with van der Waals surface area (Å²) in [6.45, 7) is 1.84. The van der Waals surface area contributed by atoms with Gasteiger partial charge in [0, 0.05) is 38.8 Å². The molecule has 0 saturated carbocycles. The van der Waals surface area contributed by atoms with E-state index in [1.807, 2.05) is 13.0 Å². The van der Waals surface area contributed by atoms with Gasteiger partial charge in [0.1, 0.15) is 0 Å². The van der Waals surface area contributed by atoms with Crippen LogP contribution < -0.4 is 15.7 Å². The fourth-order valence-corrected chi connectivity index (χ4v) is 3.12. The Morgan fingerprint density at radius 3 is 2.50 bits per heavy atom. The van der Waals surface area contributed by atoms with Crippen molar-refractivity contribution in [3.63, 3.8) is 0 Å². The smallest absolute Gasteiger partial charge is 0.406 e. The van der Waals surface area contributed by atoms with E-state index in [1.54, 1.807) is 37.5 Å². The van der Waals surface area contributed by atoms with E-state index in [9.17, 15) is 18.0 Å². The number of aryl methyl sites for hydroxylation is 1. The predicted octanol–water partition coefficient (Wildman–Crippen LogP) is 2.24. The van der Waals surface area contributed by atoms with Crippen molar-refractivity contribution in [3.8, 4) is 0 Å². The first kappa shape index (κ1) is 24.8. The summed E-state index contributed by atoms with van der Waals surface area (Å²) in [7, 11) is 1.18. The number of hydrogen-bond donors (Lipinski definition) is 3. The van der Waals surface area contributed by atoms with Crippen LogP contribution in [0.1, 0.15) is 16.7 Å². The van der Waals surface area contributed by atoms with Crippen LogP contribution in [-0.2, 0) is 16.4 Å². The largest absolute Gasteiger partial charge is 0.465 e. The molecule has 1 amide bonds. The molecule has 0 fully saturated rings. The van der Waals surface area contributed by atoms with Gasteiger partial charge in [0.15, 0.2) is 0 Å². The minimum Gasteiger partial charge on any atom is -0.465 e. The quantitative estimate of drug-likeness (QED) is 0.606. The van der Waals surface area contributed by atoms with Crippen LogP contribution in [0.25, 0.3) is 0 Å². The number of nitrogens with one attached hydrogen (secondary N) is 2. The van der Waals surface area contributed by atoms with E-state index in [-0.39, 0.29) is 11.4 Å². The molecule has 30 heavy (non-hydrogen) atoms. The second-order valence-corrected chi connectivity index (χ2v) is 8.27. The maximum atomic E-state index is 12.0. The highest BCUT2D eigenvalue weighted by molar-refractivity contribution is 7.92. The predicted molar refractivity (Wildman–Crippen MR) is 116 cm³/mol. The Hall–Kier alpha value is -3.27. The summed E-state index contributed by atoms with van der Waals surface area (Å²) in [5.74, 6) is -0.126. The van der Waals surface area contributed by atoms with Crippen molar-refractivity contribution in [1.29, 1.82) is 0 Å². The van der Waals surface area contributed by atoms with Crippen molar-refractivity contribution in [2.75, 3.05) is 31.6 Å². The van der Waals surface area contributed by atoms with E-state index in [1.165, 1.54) is 26.4 Å². The van der Waals surface area contributed by atoms with Crippen LogP contribution in [0.4, 0.5) is 10.5 Å². The van der Waals surface area contributed by atoms with Gasteiger partial charge in [-0.05, 0) is 42.4 Å². The number of benzene rings is 1. The maximum absolute atomic E-state index is 12.0. The summed E-state index contributed by atoms with van der Waals surface area (Å²) in [4.78, 5) is 22.5. The van der Waals surface area contributed by atoms with Gasteiger partial charge < -0.3 is 19.7 Å². The van der Waals surface area contributed by atoms with E-state index in [0.29, 0.717) is 17.7 Å². The SMILES string of the molecule is CN(C)C(=O)O.CNC=CCS(=O)(=O)Nc1cccc(Cc2c(C)ccoc2=O)c1. The van der Waals surface area contributed by atoms with Crippen molar-refractivity contribution < 1.29 is 22.7 Å². The molecule has 0 atom stereocenters. The van der Waals surface area contributed by atoms with Crippen molar-refractivity contribution in [3.05, 3.63) is 76.0 Å². The molecule has 0 radical (unpaired) electrons. The Morgan fingerprint density at radius 2 is 1.93 bits per heavy atom. The average Bonchev–Trinajstić information content (AvgIpc) is 2.65. The molecular weight excluding hydrogens is 410 g/mol. The monoisotopic (exact) mass is 437 g/mol. The van der Waals surface area contributed by atoms with Gasteiger partial charge >= 0.3 is 11.7 Å². The van der Waals surface area contributed by atoms with E-state index in [2.05, 4.69) is 10.0 Å². The lowest BCUT2D eigenvalue weighted by Crippen LogP contribution is -2.18. The number of sulfonamides is 1. The average molecular weight is 438 g/mol. The summed E-state index contributed by atoms with van der Waals surface area (Å²) in [6, 6.07) is 8.70. The van der Waals surface area contributed by atoms with Crippen LogP contribution in [0.5, 0.6) is 0 Å². The third-order valence-corrected chi connectivity index (χ3v) is 4.96. The number of carboxylic acid groups (broad SMARTS) is 1. The van der Waals surface area contributed by atoms with Crippen molar-refractivity contribution in [2.24, 2.45) is 0 Å². The molecular formula is C20H27N3O6S. The fourth-order valence-electron chi connectivity index (χ4n) is 2.20. The van der Waals surface area contributed by atoms with Crippen LogP contribution in [0.15, 0.2) is 58.1 Å². The highest BCUT2D eigenvalue weighted by Crippen LogP contribution is 2.16. The Labute approximate surface area is 176 Å². The Balaban J connectivity index is 0.000000656. The molecule has 9 nitrogen and oxygen atoms in total. The van der Waals surface area contributed by atoms with Crippen molar-refractivity contribution >= 4 is 21.8 Å². The van der Waals surface area contributed by atoms with Gasteiger partial charge in [0.2, 0.25) is 10.0 Å². The number of hydrogen-bond acceptors (Lipinski definition) is 6. The molecule has 0 unspecified atom stereocenters. The number of amides is 1. The molecule has 0 saturated heterocycles. The zero-order valence-electron chi connectivity index (χ0n) is 17.4. The minimum atomic E-state index is -3.47. The summed E-state index contributed by atoms with van der Waals surface area (Å²) in [5.41, 5.74) is 2.31. The topological polar surface area (TPSA) is 129 Å². The van der Waals surface area contributed by atoms with Gasteiger partial charge in [0.05, 0.1) is 12.0 Å². The number of nitrogens with zero attached hydrogens (tertiary/aromatic N) is 1. The fraction of sp³-hybridized carbons (Fsp3) is 0.300. The zero-order chi connectivity index (χ0) is 22.7. The molecule has 0 aliphatic rings. The molecule has 2 aromatic rings. The number of carbonyl (C=O) groups is 1. The van der Waals surface area contributed by atoms with Gasteiger partial charge in [-0.1, -0.05) is 18.2 Å². The molecule has 0 spiro atoms. The van der Waals surface area contributed by atoms with E-state index >= 15 is 0 Å². The van der Waals surface area contributed by atoms with Crippen molar-refractivity contribution in [2.45, 2.75) is 13.3 Å². The molecule has 164 valence electrons. The second-order valence-electron chi connectivity index (χ2n) is 6.50. The molecule has 0 aliphatic heterocycles. The minimum absolute atomic E-state index is 0.126. The first-order valence-electron chi connectivity index (χ1n) is 8.95. The van der Waals surface area contributed by atoms with Gasteiger partial charge in [-0.15, -0.1) is 0 Å². The molecule has 3 N–H and O–H groups in total. The molecule has 2 rings (SSSR count). The molecule has 0 bridgehead atoms. The van der Waals surface area contributed by atoms with E-state index < -0.39 is 16.1 Å². The van der Waals surface area contributed by atoms with Gasteiger partial charge in [-0.2, -0.15) is 0 Å². The van der Waals surface area contributed by atoms with Gasteiger partial charge in [0.25, 0.3) is 0 Å². The summed E-state index contributed by atoms with van der Waals surface area (Å²) in [6.07, 6.45) is 3.92. The Bertz CT molecular complexity index is 1030. The summed E-state index contributed by atoms with van der Waals surface area (Å²) < 4.78 is 31.4. The molecule has 10 heteroatoms. The molecule has 1 aromatic heterocycles. The van der Waals surface area contributed by atoms with E-state index in [4.69, 9.17) is 9.52 Å². The lowest BCUT2D eigenvalue weighted by molar-refractivity contribution is 0.165. The van der Waals surface area contributed by atoms with Gasteiger partial charge in [-0.25, -0.2) is 18.0 Å². The van der Waals surface area contributed by atoms with Crippen LogP contribution in [0, 0.1) is 6.92 Å². The lowest BCUT2D eigenvalue weighted by Gasteiger charge is -2.09. The lowest BCUT2D eigenvalue weighted by atomic mass is 10.0. The Kier molecular flexibility index (Phi) is 9.63. The highest BCUT2D eigenvalue weighted by atomic mass is 32.2. The summed E-state index contributed by atoms with van der Waals surface area (Å²) >= 11 is 0. The third kappa shape index (κ3) is 8.82. The van der Waals surface area contributed by atoms with Crippen LogP contribution in [0.3, 0.4) is 0 Å². The highest BCUT2D eigenvalue weighted by Gasteiger charge is 2.10. The van der Waals surface area contributed by atoms with Crippen LogP contribution >= 0.6 is 0 Å². The van der Waals surface area contributed by atoms with Gasteiger partial charge in [-0.3, -0.25) is 4.72 Å². The first-order valence-corrected chi connectivity index (χ1v) is 10.6. The second kappa shape index (κ2) is 11.7. The van der Waals surface area contributed by atoms with Crippen LogP contribution in [0.2, 0.25) is 0 Å². The normalized spacial score (nSPS) is 10.8. The third-order valence-electron chi connectivity index (χ3n) is 3.78. The summed E-state index contributed by atoms with van der Waals surface area (Å²) in [5, 5.41) is 10.7. The molecule has 1 heterocycles. The van der Waals surface area contributed by atoms with E-state index in [0.717, 1.165) is 16.0 Å². The molecule has 1 aromatic carbocycles. The first-order chi connectivity index (χ1) is 14.1. The maximum Gasteiger partial charge on any atom is 0.406 e. The Morgan fingerprint density at radius 1 is 1.27 bits per heavy atom. The van der Waals surface area contributed by atoms with Crippen molar-refractivity contribution in [1.82, 2.24) is 10.2 Å².